The fourth-order valence-electron chi connectivity index (χ4n) is 1.59. The van der Waals surface area contributed by atoms with Gasteiger partial charge in [0.05, 0.1) is 6.20 Å². The summed E-state index contributed by atoms with van der Waals surface area (Å²) in [5.41, 5.74) is 0. The van der Waals surface area contributed by atoms with Crippen LogP contribution in [0.15, 0.2) is 22.9 Å². The summed E-state index contributed by atoms with van der Waals surface area (Å²) in [6.07, 6.45) is 1.17. The van der Waals surface area contributed by atoms with Crippen LogP contribution in [-0.4, -0.2) is 28.1 Å². The zero-order chi connectivity index (χ0) is 13.0. The first kappa shape index (κ1) is 14.0. The minimum absolute atomic E-state index is 0.103. The average molecular weight is 301 g/mol. The first-order chi connectivity index (χ1) is 7.91. The van der Waals surface area contributed by atoms with E-state index in [0.717, 1.165) is 0 Å². The summed E-state index contributed by atoms with van der Waals surface area (Å²) in [5.74, 6) is 0.449. The molecule has 1 rings (SSSR count). The molecule has 0 saturated carbocycles. The number of aromatic nitrogens is 1. The molecule has 1 heterocycles. The number of pyridine rings is 1. The molecule has 17 heavy (non-hydrogen) atoms. The van der Waals surface area contributed by atoms with Crippen LogP contribution in [0, 0.1) is 0 Å². The number of carbonyl (C=O) groups excluding carboxylic acids is 1. The zero-order valence-electron chi connectivity index (χ0n) is 10.5. The molecule has 1 aromatic rings. The molecule has 1 amide bonds. The standard InChI is InChI=1S/C12H17BrN2O2/c1-8(2)15(9(3)4)12(16)17-10-5-6-11(13)14-7-10/h5-9H,1-4H3. The Bertz CT molecular complexity index is 369. The Labute approximate surface area is 110 Å². The Hall–Kier alpha value is -1.10. The Balaban J connectivity index is 2.73. The fraction of sp³-hybridized carbons (Fsp3) is 0.500. The molecular weight excluding hydrogens is 284 g/mol. The van der Waals surface area contributed by atoms with Gasteiger partial charge in [0.15, 0.2) is 5.75 Å². The van der Waals surface area contributed by atoms with E-state index in [9.17, 15) is 4.79 Å². The van der Waals surface area contributed by atoms with Gasteiger partial charge in [-0.15, -0.1) is 0 Å². The molecule has 0 bridgehead atoms. The summed E-state index contributed by atoms with van der Waals surface area (Å²) in [5, 5.41) is 0. The summed E-state index contributed by atoms with van der Waals surface area (Å²) >= 11 is 3.23. The monoisotopic (exact) mass is 300 g/mol. The molecule has 0 aliphatic carbocycles. The fourth-order valence-corrected chi connectivity index (χ4v) is 1.83. The lowest BCUT2D eigenvalue weighted by Crippen LogP contribution is -2.43. The molecule has 5 heteroatoms. The Morgan fingerprint density at radius 3 is 2.29 bits per heavy atom. The van der Waals surface area contributed by atoms with Crippen LogP contribution in [0.1, 0.15) is 27.7 Å². The molecule has 0 atom stereocenters. The largest absolute Gasteiger partial charge is 0.415 e. The van der Waals surface area contributed by atoms with Crippen LogP contribution in [0.3, 0.4) is 0 Å². The molecule has 0 aliphatic rings. The van der Waals surface area contributed by atoms with E-state index in [1.807, 2.05) is 27.7 Å². The molecule has 0 saturated heterocycles. The number of amides is 1. The minimum atomic E-state index is -0.348. The number of ether oxygens (including phenoxy) is 1. The number of hydrogen-bond acceptors (Lipinski definition) is 3. The van der Waals surface area contributed by atoms with Crippen molar-refractivity contribution < 1.29 is 9.53 Å². The van der Waals surface area contributed by atoms with Crippen LogP contribution in [-0.2, 0) is 0 Å². The van der Waals surface area contributed by atoms with E-state index >= 15 is 0 Å². The number of nitrogens with zero attached hydrogens (tertiary/aromatic N) is 2. The van der Waals surface area contributed by atoms with E-state index in [2.05, 4.69) is 20.9 Å². The van der Waals surface area contributed by atoms with Crippen LogP contribution < -0.4 is 4.74 Å². The summed E-state index contributed by atoms with van der Waals surface area (Å²) in [4.78, 5) is 17.6. The Morgan fingerprint density at radius 2 is 1.88 bits per heavy atom. The molecule has 0 unspecified atom stereocenters. The maximum absolute atomic E-state index is 11.9. The van der Waals surface area contributed by atoms with E-state index < -0.39 is 0 Å². The van der Waals surface area contributed by atoms with Crippen molar-refractivity contribution in [1.29, 1.82) is 0 Å². The van der Waals surface area contributed by atoms with Gasteiger partial charge in [-0.1, -0.05) is 0 Å². The molecule has 0 aliphatic heterocycles. The lowest BCUT2D eigenvalue weighted by molar-refractivity contribution is 0.122. The molecule has 0 spiro atoms. The maximum atomic E-state index is 11.9. The zero-order valence-corrected chi connectivity index (χ0v) is 12.1. The van der Waals surface area contributed by atoms with Crippen molar-refractivity contribution in [2.24, 2.45) is 0 Å². The predicted molar refractivity (Wildman–Crippen MR) is 70.1 cm³/mol. The van der Waals surface area contributed by atoms with E-state index in [1.54, 1.807) is 17.0 Å². The minimum Gasteiger partial charge on any atom is -0.409 e. The predicted octanol–water partition coefficient (Wildman–Crippen LogP) is 3.46. The van der Waals surface area contributed by atoms with Crippen LogP contribution in [0.4, 0.5) is 4.79 Å². The highest BCUT2D eigenvalue weighted by Gasteiger charge is 2.21. The van der Waals surface area contributed by atoms with Gasteiger partial charge < -0.3 is 9.64 Å². The highest BCUT2D eigenvalue weighted by molar-refractivity contribution is 9.10. The molecule has 0 radical (unpaired) electrons. The molecule has 0 aromatic carbocycles. The summed E-state index contributed by atoms with van der Waals surface area (Å²) in [6, 6.07) is 3.64. The van der Waals surface area contributed by atoms with Crippen LogP contribution >= 0.6 is 15.9 Å². The molecule has 94 valence electrons. The van der Waals surface area contributed by atoms with Crippen molar-refractivity contribution in [1.82, 2.24) is 9.88 Å². The smallest absolute Gasteiger partial charge is 0.409 e. The van der Waals surface area contributed by atoms with Gasteiger partial charge in [-0.05, 0) is 55.8 Å². The SMILES string of the molecule is CC(C)N(C(=O)Oc1ccc(Br)nc1)C(C)C. The summed E-state index contributed by atoms with van der Waals surface area (Å²) < 4.78 is 5.97. The number of rotatable bonds is 3. The first-order valence-corrected chi connectivity index (χ1v) is 6.32. The van der Waals surface area contributed by atoms with Crippen molar-refractivity contribution in [3.05, 3.63) is 22.9 Å². The molecule has 0 N–H and O–H groups in total. The van der Waals surface area contributed by atoms with Crippen molar-refractivity contribution in [3.8, 4) is 5.75 Å². The molecule has 4 nitrogen and oxygen atoms in total. The lowest BCUT2D eigenvalue weighted by Gasteiger charge is -2.29. The quantitative estimate of drug-likeness (QED) is 0.803. The van der Waals surface area contributed by atoms with Crippen molar-refractivity contribution in [2.75, 3.05) is 0 Å². The van der Waals surface area contributed by atoms with Gasteiger partial charge in [-0.2, -0.15) is 0 Å². The number of carbonyl (C=O) groups is 1. The van der Waals surface area contributed by atoms with E-state index in [4.69, 9.17) is 4.74 Å². The van der Waals surface area contributed by atoms with Gasteiger partial charge in [0, 0.05) is 12.1 Å². The van der Waals surface area contributed by atoms with Crippen molar-refractivity contribution in [3.63, 3.8) is 0 Å². The van der Waals surface area contributed by atoms with Crippen LogP contribution in [0.5, 0.6) is 5.75 Å². The first-order valence-electron chi connectivity index (χ1n) is 5.53. The third-order valence-electron chi connectivity index (χ3n) is 2.23. The Kier molecular flexibility index (Phi) is 4.93. The molecular formula is C12H17BrN2O2. The van der Waals surface area contributed by atoms with Crippen LogP contribution in [0.2, 0.25) is 0 Å². The van der Waals surface area contributed by atoms with Gasteiger partial charge in [-0.3, -0.25) is 0 Å². The van der Waals surface area contributed by atoms with Gasteiger partial charge in [0.2, 0.25) is 0 Å². The van der Waals surface area contributed by atoms with Gasteiger partial charge >= 0.3 is 6.09 Å². The van der Waals surface area contributed by atoms with E-state index in [0.29, 0.717) is 10.4 Å². The number of halogens is 1. The third-order valence-corrected chi connectivity index (χ3v) is 2.70. The summed E-state index contributed by atoms with van der Waals surface area (Å²) in [7, 11) is 0. The molecule has 1 aromatic heterocycles. The summed E-state index contributed by atoms with van der Waals surface area (Å²) in [6.45, 7) is 7.84. The normalized spacial score (nSPS) is 10.8. The lowest BCUT2D eigenvalue weighted by atomic mass is 10.2. The average Bonchev–Trinajstić information content (AvgIpc) is 2.20. The topological polar surface area (TPSA) is 42.4 Å². The number of hydrogen-bond donors (Lipinski definition) is 0. The van der Waals surface area contributed by atoms with E-state index in [-0.39, 0.29) is 18.2 Å². The van der Waals surface area contributed by atoms with Gasteiger partial charge in [0.1, 0.15) is 4.60 Å². The second-order valence-corrected chi connectivity index (χ2v) is 5.09. The van der Waals surface area contributed by atoms with E-state index in [1.165, 1.54) is 6.20 Å². The second-order valence-electron chi connectivity index (χ2n) is 4.28. The van der Waals surface area contributed by atoms with Crippen molar-refractivity contribution in [2.45, 2.75) is 39.8 Å². The highest BCUT2D eigenvalue weighted by Crippen LogP contribution is 2.15. The second kappa shape index (κ2) is 6.00. The molecule has 0 fully saturated rings. The van der Waals surface area contributed by atoms with Gasteiger partial charge in [0.25, 0.3) is 0 Å². The van der Waals surface area contributed by atoms with Crippen molar-refractivity contribution >= 4 is 22.0 Å². The Morgan fingerprint density at radius 1 is 1.29 bits per heavy atom. The van der Waals surface area contributed by atoms with Gasteiger partial charge in [-0.25, -0.2) is 9.78 Å². The highest BCUT2D eigenvalue weighted by atomic mass is 79.9. The third kappa shape index (κ3) is 4.00. The van der Waals surface area contributed by atoms with Crippen LogP contribution in [0.25, 0.3) is 0 Å². The maximum Gasteiger partial charge on any atom is 0.415 e.